The number of imidazole rings is 1. The van der Waals surface area contributed by atoms with Gasteiger partial charge in [0.25, 0.3) is 0 Å². The number of anilines is 1. The normalized spacial score (nSPS) is 16.1. The van der Waals surface area contributed by atoms with E-state index in [2.05, 4.69) is 26.2 Å². The van der Waals surface area contributed by atoms with Gasteiger partial charge in [-0.15, -0.1) is 0 Å². The number of nitrogens with zero attached hydrogens (tertiary/aromatic N) is 2. The van der Waals surface area contributed by atoms with Gasteiger partial charge in [0.05, 0.1) is 12.8 Å². The van der Waals surface area contributed by atoms with E-state index in [0.717, 1.165) is 21.4 Å². The van der Waals surface area contributed by atoms with E-state index in [-0.39, 0.29) is 24.0 Å². The molecule has 2 heterocycles. The molecule has 2 N–H and O–H groups in total. The molecule has 2 aromatic carbocycles. The summed E-state index contributed by atoms with van der Waals surface area (Å²) in [7, 11) is 1.50. The van der Waals surface area contributed by atoms with Crippen molar-refractivity contribution in [2.45, 2.75) is 12.3 Å². The molecule has 0 spiro atoms. The lowest BCUT2D eigenvalue weighted by Gasteiger charge is -2.23. The number of phenols is 1. The van der Waals surface area contributed by atoms with Crippen molar-refractivity contribution in [3.05, 3.63) is 64.5 Å². The molecule has 0 fully saturated rings. The standard InChI is InChI=1S/C19H16BrN3O3/c1-26-16-6-5-11(7-15(16)24)14-9-17(25)22-19-18(14)21-10-23(19)13-4-2-3-12(20)8-13/h2-8,10,14,24H,9H2,1H3,(H,22,25). The summed E-state index contributed by atoms with van der Waals surface area (Å²) in [5.41, 5.74) is 2.49. The molecule has 0 aliphatic carbocycles. The van der Waals surface area contributed by atoms with E-state index in [0.29, 0.717) is 11.6 Å². The highest BCUT2D eigenvalue weighted by molar-refractivity contribution is 9.10. The number of fused-ring (bicyclic) bond motifs is 1. The Morgan fingerprint density at radius 2 is 2.15 bits per heavy atom. The second kappa shape index (κ2) is 6.49. The predicted molar refractivity (Wildman–Crippen MR) is 101 cm³/mol. The zero-order valence-electron chi connectivity index (χ0n) is 13.9. The quantitative estimate of drug-likeness (QED) is 0.683. The molecule has 0 saturated carbocycles. The van der Waals surface area contributed by atoms with Crippen LogP contribution in [0.25, 0.3) is 5.69 Å². The monoisotopic (exact) mass is 413 g/mol. The van der Waals surface area contributed by atoms with Crippen LogP contribution in [-0.4, -0.2) is 27.7 Å². The van der Waals surface area contributed by atoms with Gasteiger partial charge in [0.15, 0.2) is 11.5 Å². The van der Waals surface area contributed by atoms with Crippen LogP contribution in [0.4, 0.5) is 5.82 Å². The van der Waals surface area contributed by atoms with Crippen LogP contribution in [0.3, 0.4) is 0 Å². The molecular weight excluding hydrogens is 398 g/mol. The van der Waals surface area contributed by atoms with E-state index in [9.17, 15) is 9.90 Å². The number of hydrogen-bond donors (Lipinski definition) is 2. The average Bonchev–Trinajstić information content (AvgIpc) is 3.04. The summed E-state index contributed by atoms with van der Waals surface area (Å²) in [6.45, 7) is 0. The molecule has 132 valence electrons. The minimum atomic E-state index is -0.232. The number of amides is 1. The van der Waals surface area contributed by atoms with E-state index in [1.165, 1.54) is 7.11 Å². The molecule has 1 aromatic heterocycles. The fraction of sp³-hybridized carbons (Fsp3) is 0.158. The Morgan fingerprint density at radius 1 is 1.31 bits per heavy atom. The molecule has 0 bridgehead atoms. The van der Waals surface area contributed by atoms with E-state index in [4.69, 9.17) is 4.74 Å². The molecule has 0 saturated heterocycles. The van der Waals surface area contributed by atoms with Crippen LogP contribution in [0.5, 0.6) is 11.5 Å². The average molecular weight is 414 g/mol. The summed E-state index contributed by atoms with van der Waals surface area (Å²) in [5, 5.41) is 13.0. The molecule has 0 radical (unpaired) electrons. The number of phenolic OH excluding ortho intramolecular Hbond substituents is 1. The van der Waals surface area contributed by atoms with Gasteiger partial charge in [0.2, 0.25) is 5.91 Å². The lowest BCUT2D eigenvalue weighted by Crippen LogP contribution is -2.24. The van der Waals surface area contributed by atoms with Crippen LogP contribution in [0, 0.1) is 0 Å². The summed E-state index contributed by atoms with van der Waals surface area (Å²) in [5.74, 6) is 0.774. The number of nitrogens with one attached hydrogen (secondary N) is 1. The third-order valence-electron chi connectivity index (χ3n) is 4.46. The molecule has 26 heavy (non-hydrogen) atoms. The molecule has 7 heteroatoms. The number of hydrogen-bond acceptors (Lipinski definition) is 4. The molecule has 1 unspecified atom stereocenters. The molecular formula is C19H16BrN3O3. The Balaban J connectivity index is 1.80. The van der Waals surface area contributed by atoms with Gasteiger partial charge < -0.3 is 15.2 Å². The highest BCUT2D eigenvalue weighted by Crippen LogP contribution is 2.39. The van der Waals surface area contributed by atoms with E-state index in [1.807, 2.05) is 34.9 Å². The van der Waals surface area contributed by atoms with Crippen molar-refractivity contribution in [2.75, 3.05) is 12.4 Å². The smallest absolute Gasteiger partial charge is 0.226 e. The van der Waals surface area contributed by atoms with E-state index >= 15 is 0 Å². The van der Waals surface area contributed by atoms with Gasteiger partial charge in [-0.1, -0.05) is 28.1 Å². The predicted octanol–water partition coefficient (Wildman–Crippen LogP) is 3.82. The summed E-state index contributed by atoms with van der Waals surface area (Å²) < 4.78 is 7.89. The van der Waals surface area contributed by atoms with Crippen LogP contribution < -0.4 is 10.1 Å². The second-order valence-corrected chi connectivity index (χ2v) is 6.98. The Bertz CT molecular complexity index is 999. The fourth-order valence-electron chi connectivity index (χ4n) is 3.23. The number of aromatic nitrogens is 2. The maximum absolute atomic E-state index is 12.3. The Hall–Kier alpha value is -2.80. The van der Waals surface area contributed by atoms with Crippen molar-refractivity contribution in [3.63, 3.8) is 0 Å². The number of aromatic hydroxyl groups is 1. The zero-order chi connectivity index (χ0) is 18.3. The highest BCUT2D eigenvalue weighted by Gasteiger charge is 2.31. The van der Waals surface area contributed by atoms with Gasteiger partial charge in [0, 0.05) is 22.5 Å². The first-order chi connectivity index (χ1) is 12.6. The van der Waals surface area contributed by atoms with Crippen molar-refractivity contribution >= 4 is 27.7 Å². The second-order valence-electron chi connectivity index (χ2n) is 6.06. The first-order valence-electron chi connectivity index (χ1n) is 8.06. The summed E-state index contributed by atoms with van der Waals surface area (Å²) in [4.78, 5) is 16.9. The van der Waals surface area contributed by atoms with Gasteiger partial charge in [-0.25, -0.2) is 4.98 Å². The summed E-state index contributed by atoms with van der Waals surface area (Å²) in [6, 6.07) is 12.9. The lowest BCUT2D eigenvalue weighted by molar-refractivity contribution is -0.116. The van der Waals surface area contributed by atoms with Crippen LogP contribution >= 0.6 is 15.9 Å². The third-order valence-corrected chi connectivity index (χ3v) is 4.96. The van der Waals surface area contributed by atoms with Crippen molar-refractivity contribution in [1.82, 2.24) is 9.55 Å². The van der Waals surface area contributed by atoms with Crippen molar-refractivity contribution in [2.24, 2.45) is 0 Å². The number of carbonyl (C=O) groups is 1. The van der Waals surface area contributed by atoms with Crippen molar-refractivity contribution in [1.29, 1.82) is 0 Å². The van der Waals surface area contributed by atoms with E-state index < -0.39 is 0 Å². The molecule has 1 aliphatic heterocycles. The minimum Gasteiger partial charge on any atom is -0.504 e. The maximum Gasteiger partial charge on any atom is 0.226 e. The van der Waals surface area contributed by atoms with Crippen LogP contribution in [0.1, 0.15) is 23.6 Å². The summed E-state index contributed by atoms with van der Waals surface area (Å²) in [6.07, 6.45) is 1.97. The molecule has 4 rings (SSSR count). The molecule has 6 nitrogen and oxygen atoms in total. The van der Waals surface area contributed by atoms with Crippen LogP contribution in [0.15, 0.2) is 53.3 Å². The molecule has 1 atom stereocenters. The number of benzene rings is 2. The Kier molecular flexibility index (Phi) is 4.16. The molecule has 1 aliphatic rings. The lowest BCUT2D eigenvalue weighted by atomic mass is 9.89. The van der Waals surface area contributed by atoms with Gasteiger partial charge in [0.1, 0.15) is 12.1 Å². The number of methoxy groups -OCH3 is 1. The maximum atomic E-state index is 12.3. The van der Waals surface area contributed by atoms with E-state index in [1.54, 1.807) is 18.5 Å². The molecule has 3 aromatic rings. The minimum absolute atomic E-state index is 0.0453. The number of ether oxygens (including phenoxy) is 1. The number of rotatable bonds is 3. The van der Waals surface area contributed by atoms with Gasteiger partial charge in [-0.2, -0.15) is 0 Å². The first kappa shape index (κ1) is 16.7. The Labute approximate surface area is 158 Å². The van der Waals surface area contributed by atoms with Gasteiger partial charge >= 0.3 is 0 Å². The van der Waals surface area contributed by atoms with Crippen LogP contribution in [-0.2, 0) is 4.79 Å². The fourth-order valence-corrected chi connectivity index (χ4v) is 3.62. The van der Waals surface area contributed by atoms with Gasteiger partial charge in [-0.05, 0) is 35.9 Å². The van der Waals surface area contributed by atoms with Crippen molar-refractivity contribution in [3.8, 4) is 17.2 Å². The SMILES string of the molecule is COc1ccc(C2CC(=O)Nc3c2ncn3-c2cccc(Br)c2)cc1O. The first-order valence-corrected chi connectivity index (χ1v) is 8.86. The number of carbonyl (C=O) groups excluding carboxylic acids is 1. The van der Waals surface area contributed by atoms with Gasteiger partial charge in [-0.3, -0.25) is 9.36 Å². The van der Waals surface area contributed by atoms with Crippen LogP contribution in [0.2, 0.25) is 0 Å². The highest BCUT2D eigenvalue weighted by atomic mass is 79.9. The summed E-state index contributed by atoms with van der Waals surface area (Å²) >= 11 is 3.47. The Morgan fingerprint density at radius 3 is 2.88 bits per heavy atom. The zero-order valence-corrected chi connectivity index (χ0v) is 15.5. The number of halogens is 1. The topological polar surface area (TPSA) is 76.4 Å². The van der Waals surface area contributed by atoms with Crippen molar-refractivity contribution < 1.29 is 14.6 Å². The molecule has 1 amide bonds. The largest absolute Gasteiger partial charge is 0.504 e. The third kappa shape index (κ3) is 2.84.